The molecule has 1 aliphatic rings. The van der Waals surface area contributed by atoms with Gasteiger partial charge in [-0.15, -0.1) is 0 Å². The van der Waals surface area contributed by atoms with Crippen molar-refractivity contribution in [1.29, 1.82) is 0 Å². The molecule has 0 bridgehead atoms. The second-order valence-corrected chi connectivity index (χ2v) is 7.57. The third kappa shape index (κ3) is 3.64. The number of fused-ring (bicyclic) bond motifs is 2. The normalized spacial score (nSPS) is 13.3. The summed E-state index contributed by atoms with van der Waals surface area (Å²) in [6.45, 7) is 2.24. The minimum atomic E-state index is -0.170. The molecule has 0 atom stereocenters. The van der Waals surface area contributed by atoms with Gasteiger partial charge in [-0.3, -0.25) is 4.79 Å². The molecule has 2 N–H and O–H groups in total. The van der Waals surface area contributed by atoms with Gasteiger partial charge in [0.2, 0.25) is 0 Å². The van der Waals surface area contributed by atoms with Crippen LogP contribution in [-0.2, 0) is 19.4 Å². The van der Waals surface area contributed by atoms with E-state index in [0.29, 0.717) is 12.2 Å². The number of aromatic amines is 1. The third-order valence-electron chi connectivity index (χ3n) is 5.69. The molecule has 3 heterocycles. The summed E-state index contributed by atoms with van der Waals surface area (Å²) in [6.07, 6.45) is 5.22. The first kappa shape index (κ1) is 18.4. The second kappa shape index (κ2) is 7.99. The zero-order valence-electron chi connectivity index (χ0n) is 16.6. The molecule has 6 heteroatoms. The fourth-order valence-corrected chi connectivity index (χ4v) is 4.08. The summed E-state index contributed by atoms with van der Waals surface area (Å²) in [7, 11) is 0. The van der Waals surface area contributed by atoms with Crippen LogP contribution in [0, 0.1) is 0 Å². The molecule has 5 rings (SSSR count). The van der Waals surface area contributed by atoms with E-state index in [1.54, 1.807) is 6.07 Å². The third-order valence-corrected chi connectivity index (χ3v) is 5.69. The SMILES string of the molecule is O=C(NCCc1c[nH]c2ccccc12)c1cc(N2CCc3ccccc3C2)ncn1. The number of nitrogens with one attached hydrogen (secondary N) is 2. The highest BCUT2D eigenvalue weighted by Crippen LogP contribution is 2.23. The first-order chi connectivity index (χ1) is 14.8. The Bertz CT molecular complexity index is 1200. The Kier molecular flexibility index (Phi) is 4.89. The van der Waals surface area contributed by atoms with Gasteiger partial charge in [0, 0.05) is 42.8 Å². The first-order valence-electron chi connectivity index (χ1n) is 10.2. The van der Waals surface area contributed by atoms with Crippen molar-refractivity contribution < 1.29 is 4.79 Å². The molecular weight excluding hydrogens is 374 g/mol. The minimum absolute atomic E-state index is 0.170. The molecule has 6 nitrogen and oxygen atoms in total. The molecule has 2 aromatic carbocycles. The Balaban J connectivity index is 1.23. The van der Waals surface area contributed by atoms with Crippen LogP contribution in [0.4, 0.5) is 5.82 Å². The summed E-state index contributed by atoms with van der Waals surface area (Å²) < 4.78 is 0. The van der Waals surface area contributed by atoms with Crippen molar-refractivity contribution in [2.24, 2.45) is 0 Å². The van der Waals surface area contributed by atoms with Gasteiger partial charge in [0.05, 0.1) is 0 Å². The molecule has 2 aromatic heterocycles. The number of carbonyl (C=O) groups excluding carboxylic acids is 1. The minimum Gasteiger partial charge on any atom is -0.361 e. The number of aromatic nitrogens is 3. The molecule has 1 aliphatic heterocycles. The topological polar surface area (TPSA) is 73.9 Å². The Morgan fingerprint density at radius 3 is 2.83 bits per heavy atom. The van der Waals surface area contributed by atoms with Gasteiger partial charge in [0.25, 0.3) is 5.91 Å². The van der Waals surface area contributed by atoms with Gasteiger partial charge in [0.1, 0.15) is 17.8 Å². The van der Waals surface area contributed by atoms with Gasteiger partial charge in [-0.2, -0.15) is 0 Å². The second-order valence-electron chi connectivity index (χ2n) is 7.57. The number of hydrogen-bond acceptors (Lipinski definition) is 4. The lowest BCUT2D eigenvalue weighted by Gasteiger charge is -2.29. The molecule has 0 unspecified atom stereocenters. The summed E-state index contributed by atoms with van der Waals surface area (Å²) in [4.78, 5) is 26.7. The predicted octanol–water partition coefficient (Wildman–Crippen LogP) is 3.49. The number of rotatable bonds is 5. The fourth-order valence-electron chi connectivity index (χ4n) is 4.08. The van der Waals surface area contributed by atoms with E-state index in [0.717, 1.165) is 37.3 Å². The molecule has 150 valence electrons. The highest BCUT2D eigenvalue weighted by Gasteiger charge is 2.18. The van der Waals surface area contributed by atoms with E-state index in [4.69, 9.17) is 0 Å². The average Bonchev–Trinajstić information content (AvgIpc) is 3.22. The van der Waals surface area contributed by atoms with E-state index in [9.17, 15) is 4.79 Å². The highest BCUT2D eigenvalue weighted by molar-refractivity contribution is 5.93. The maximum Gasteiger partial charge on any atom is 0.270 e. The molecule has 0 fully saturated rings. The summed E-state index contributed by atoms with van der Waals surface area (Å²) in [5.74, 6) is 0.622. The lowest BCUT2D eigenvalue weighted by Crippen LogP contribution is -2.32. The predicted molar refractivity (Wildman–Crippen MR) is 118 cm³/mol. The van der Waals surface area contributed by atoms with Crippen LogP contribution >= 0.6 is 0 Å². The smallest absolute Gasteiger partial charge is 0.270 e. The van der Waals surface area contributed by atoms with Crippen LogP contribution in [0.1, 0.15) is 27.2 Å². The molecule has 0 radical (unpaired) electrons. The molecule has 30 heavy (non-hydrogen) atoms. The van der Waals surface area contributed by atoms with Crippen LogP contribution in [0.15, 0.2) is 67.1 Å². The van der Waals surface area contributed by atoms with E-state index >= 15 is 0 Å². The number of hydrogen-bond donors (Lipinski definition) is 2. The Morgan fingerprint density at radius 1 is 1.07 bits per heavy atom. The quantitative estimate of drug-likeness (QED) is 0.541. The monoisotopic (exact) mass is 397 g/mol. The summed E-state index contributed by atoms with van der Waals surface area (Å²) in [5.41, 5.74) is 5.41. The van der Waals surface area contributed by atoms with Crippen LogP contribution in [-0.4, -0.2) is 33.9 Å². The van der Waals surface area contributed by atoms with Crippen LogP contribution < -0.4 is 10.2 Å². The van der Waals surface area contributed by atoms with Gasteiger partial charge < -0.3 is 15.2 Å². The largest absolute Gasteiger partial charge is 0.361 e. The van der Waals surface area contributed by atoms with Gasteiger partial charge >= 0.3 is 0 Å². The molecule has 0 spiro atoms. The summed E-state index contributed by atoms with van der Waals surface area (Å²) in [6, 6.07) is 18.5. The molecule has 0 saturated carbocycles. The van der Waals surface area contributed by atoms with Crippen molar-refractivity contribution >= 4 is 22.6 Å². The van der Waals surface area contributed by atoms with Gasteiger partial charge in [-0.05, 0) is 35.6 Å². The Hall–Kier alpha value is -3.67. The molecule has 0 aliphatic carbocycles. The number of amides is 1. The van der Waals surface area contributed by atoms with Crippen molar-refractivity contribution in [1.82, 2.24) is 20.3 Å². The average molecular weight is 397 g/mol. The van der Waals surface area contributed by atoms with Gasteiger partial charge in [0.15, 0.2) is 0 Å². The van der Waals surface area contributed by atoms with E-state index in [-0.39, 0.29) is 5.91 Å². The first-order valence-corrected chi connectivity index (χ1v) is 10.2. The van der Waals surface area contributed by atoms with Crippen molar-refractivity contribution in [2.75, 3.05) is 18.0 Å². The molecule has 0 saturated heterocycles. The van der Waals surface area contributed by atoms with Crippen molar-refractivity contribution in [3.05, 3.63) is 89.5 Å². The summed E-state index contributed by atoms with van der Waals surface area (Å²) in [5, 5.41) is 4.18. The van der Waals surface area contributed by atoms with Crippen molar-refractivity contribution in [3.8, 4) is 0 Å². The number of carbonyl (C=O) groups is 1. The molecule has 1 amide bonds. The number of anilines is 1. The Morgan fingerprint density at radius 2 is 1.90 bits per heavy atom. The van der Waals surface area contributed by atoms with Crippen LogP contribution in [0.2, 0.25) is 0 Å². The van der Waals surface area contributed by atoms with Crippen molar-refractivity contribution in [2.45, 2.75) is 19.4 Å². The fraction of sp³-hybridized carbons (Fsp3) is 0.208. The highest BCUT2D eigenvalue weighted by atomic mass is 16.1. The number of para-hydroxylation sites is 1. The number of nitrogens with zero attached hydrogens (tertiary/aromatic N) is 3. The Labute approximate surface area is 175 Å². The molecule has 4 aromatic rings. The van der Waals surface area contributed by atoms with E-state index in [1.165, 1.54) is 28.4 Å². The van der Waals surface area contributed by atoms with Gasteiger partial charge in [-0.1, -0.05) is 42.5 Å². The number of H-pyrrole nitrogens is 1. The van der Waals surface area contributed by atoms with E-state index < -0.39 is 0 Å². The maximum absolute atomic E-state index is 12.6. The molecular formula is C24H23N5O. The lowest BCUT2D eigenvalue weighted by atomic mass is 10.00. The number of benzene rings is 2. The maximum atomic E-state index is 12.6. The zero-order valence-corrected chi connectivity index (χ0v) is 16.6. The zero-order chi connectivity index (χ0) is 20.3. The standard InChI is InChI=1S/C24H23N5O/c30-24(25-11-9-18-14-26-21-8-4-3-7-20(18)21)22-13-23(28-16-27-22)29-12-10-17-5-1-2-6-19(17)15-29/h1-8,13-14,16,26H,9-12,15H2,(H,25,30). The van der Waals surface area contributed by atoms with Crippen LogP contribution in [0.3, 0.4) is 0 Å². The van der Waals surface area contributed by atoms with E-state index in [2.05, 4.69) is 61.6 Å². The van der Waals surface area contributed by atoms with E-state index in [1.807, 2.05) is 18.3 Å². The van der Waals surface area contributed by atoms with Crippen LogP contribution in [0.25, 0.3) is 10.9 Å². The van der Waals surface area contributed by atoms with Gasteiger partial charge in [-0.25, -0.2) is 9.97 Å². The summed E-state index contributed by atoms with van der Waals surface area (Å²) >= 11 is 0. The van der Waals surface area contributed by atoms with Crippen molar-refractivity contribution in [3.63, 3.8) is 0 Å². The van der Waals surface area contributed by atoms with Crippen LogP contribution in [0.5, 0.6) is 0 Å². The lowest BCUT2D eigenvalue weighted by molar-refractivity contribution is 0.0949.